The van der Waals surface area contributed by atoms with Gasteiger partial charge >= 0.3 is 0 Å². The lowest BCUT2D eigenvalue weighted by Gasteiger charge is -2.20. The molecule has 13 aromatic rings. The first kappa shape index (κ1) is 85.7. The predicted octanol–water partition coefficient (Wildman–Crippen LogP) is 29.2. The van der Waals surface area contributed by atoms with Gasteiger partial charge in [0.2, 0.25) is 0 Å². The Morgan fingerprint density at radius 3 is 0.703 bits per heavy atom. The van der Waals surface area contributed by atoms with Gasteiger partial charge in [0.1, 0.15) is 47.5 Å². The van der Waals surface area contributed by atoms with E-state index < -0.39 is 6.85 Å². The number of hydrogen-bond donors (Lipinski definition) is 0. The van der Waals surface area contributed by atoms with Gasteiger partial charge in [0.15, 0.2) is 22.8 Å². The van der Waals surface area contributed by atoms with Gasteiger partial charge in [-0.1, -0.05) is 293 Å². The maximum absolute atomic E-state index is 8.04. The normalized spacial score (nSPS) is 12.3. The standard InChI is InChI=1S/C34H43N2.C28H39N2.2C24H31N2/c1-22(2)29-17-13-14-18-30(29)33-21-35(26(9)36(33)25(7)8)34-31(23(3)4)19-28(20-32(34)24(5)6)27-15-11-10-12-16-27;1-18(2)23-13-10-11-14-26(23)27-17-29(22(9)30(27)21(7)8)28-24(19(3)4)15-12-16-25(28)20(5)6;2*1-16(2)21-13-8-9-14-22(21)23-15-25(20(7)26(23)17(3)4)24-18(5)11-10-12-19(24)6/h10-25H,1-9H3;10-21H,1-9H3;2*8-17H,1-7H3/q4*+1/i;;5D3;. The summed E-state index contributed by atoms with van der Waals surface area (Å²) in [6.07, 6.45) is 9.20. The molecule has 0 spiro atoms. The van der Waals surface area contributed by atoms with E-state index in [0.717, 1.165) is 22.8 Å². The molecule has 0 saturated carbocycles. The lowest BCUT2D eigenvalue weighted by atomic mass is 9.88. The second-order valence-electron chi connectivity index (χ2n) is 36.5. The summed E-state index contributed by atoms with van der Waals surface area (Å²) in [5, 5.41) is 0. The van der Waals surface area contributed by atoms with Crippen molar-refractivity contribution in [3.05, 3.63) is 309 Å². The molecule has 8 heteroatoms. The van der Waals surface area contributed by atoms with Crippen molar-refractivity contribution in [3.8, 4) is 78.9 Å². The van der Waals surface area contributed by atoms with Gasteiger partial charge < -0.3 is 0 Å². The lowest BCUT2D eigenvalue weighted by Crippen LogP contribution is -2.36. The molecule has 620 valence electrons. The highest BCUT2D eigenvalue weighted by molar-refractivity contribution is 5.71. The molecule has 0 aliphatic carbocycles. The van der Waals surface area contributed by atoms with E-state index >= 15 is 0 Å². The predicted molar refractivity (Wildman–Crippen MR) is 503 cm³/mol. The molecule has 0 radical (unpaired) electrons. The minimum Gasteiger partial charge on any atom is -0.225 e. The van der Waals surface area contributed by atoms with E-state index in [0.29, 0.717) is 71.0 Å². The van der Waals surface area contributed by atoms with E-state index in [1.807, 2.05) is 19.1 Å². The Morgan fingerprint density at radius 1 is 0.220 bits per heavy atom. The van der Waals surface area contributed by atoms with E-state index in [1.54, 1.807) is 6.07 Å². The molecule has 0 N–H and O–H groups in total. The SMILES string of the molecule is Cc1cccc(C)c1-[n+]1cc(-c2ccccc2C(C)C)n(C(C)C)c1C.Cc1n(C(C)C)c(-c2ccccc2C(C)C)c[n+]1-c1c(C(C)C)cc(-c2ccccc2)cc1C(C)C.Cc1n(C(C)C)c(-c2ccccc2C(C)C)c[n+]1-c1c(C(C)C)cccc1C(C)C.[2H]C([2H])([2H])c1cccc(C)c1-[n+]1cc(-c2ccccc2C(C)C)n(C(C)C)c1C. The van der Waals surface area contributed by atoms with Crippen molar-refractivity contribution < 1.29 is 22.4 Å². The van der Waals surface area contributed by atoms with Crippen LogP contribution in [-0.4, -0.2) is 18.3 Å². The molecular weight excluding hydrogens is 1430 g/mol. The Morgan fingerprint density at radius 2 is 0.441 bits per heavy atom. The number of rotatable bonds is 21. The van der Waals surface area contributed by atoms with E-state index in [4.69, 9.17) is 4.11 Å². The summed E-state index contributed by atoms with van der Waals surface area (Å²) in [7, 11) is 0. The average molecular weight is 1580 g/mol. The van der Waals surface area contributed by atoms with Crippen LogP contribution in [0.1, 0.15) is 332 Å². The van der Waals surface area contributed by atoms with Crippen LogP contribution >= 0.6 is 0 Å². The van der Waals surface area contributed by atoms with E-state index in [-0.39, 0.29) is 6.04 Å². The summed E-state index contributed by atoms with van der Waals surface area (Å²) >= 11 is 0. The summed E-state index contributed by atoms with van der Waals surface area (Å²) in [5.41, 5.74) is 32.7. The highest BCUT2D eigenvalue weighted by atomic mass is 15.2. The van der Waals surface area contributed by atoms with Crippen molar-refractivity contribution in [3.63, 3.8) is 0 Å². The first-order chi connectivity index (χ1) is 57.1. The maximum atomic E-state index is 8.04. The second-order valence-corrected chi connectivity index (χ2v) is 36.5. The van der Waals surface area contributed by atoms with Gasteiger partial charge in [-0.05, 0) is 198 Å². The number of aryl methyl sites for hydroxylation is 4. The Balaban J connectivity index is 0.000000170. The maximum Gasteiger partial charge on any atom is 0.259 e. The summed E-state index contributed by atoms with van der Waals surface area (Å²) < 4.78 is 43.3. The van der Waals surface area contributed by atoms with Crippen LogP contribution in [0.2, 0.25) is 0 Å². The largest absolute Gasteiger partial charge is 0.259 e. The molecule has 0 unspecified atom stereocenters. The van der Waals surface area contributed by atoms with Crippen LogP contribution in [0.25, 0.3) is 78.9 Å². The van der Waals surface area contributed by atoms with E-state index in [2.05, 4.69) is 445 Å². The summed E-state index contributed by atoms with van der Waals surface area (Å²) in [6.45, 7) is 67.7. The van der Waals surface area contributed by atoms with Crippen LogP contribution < -0.4 is 18.3 Å². The van der Waals surface area contributed by atoms with Gasteiger partial charge in [-0.25, -0.2) is 18.3 Å². The van der Waals surface area contributed by atoms with Gasteiger partial charge in [-0.15, -0.1) is 0 Å². The van der Waals surface area contributed by atoms with Crippen LogP contribution in [-0.2, 0) is 0 Å². The Bertz CT molecular complexity index is 5640. The van der Waals surface area contributed by atoms with Gasteiger partial charge in [0, 0.05) is 76.3 Å². The monoisotopic (exact) mass is 1580 g/mol. The van der Waals surface area contributed by atoms with Crippen molar-refractivity contribution in [2.45, 2.75) is 293 Å². The quantitative estimate of drug-likeness (QED) is 0.0643. The summed E-state index contributed by atoms with van der Waals surface area (Å²) in [5.74, 6) is 8.44. The first-order valence-electron chi connectivity index (χ1n) is 45.6. The summed E-state index contributed by atoms with van der Waals surface area (Å²) in [4.78, 5) is 0. The fourth-order valence-electron chi connectivity index (χ4n) is 18.1. The number of nitrogens with zero attached hydrogens (tertiary/aromatic N) is 8. The minimum atomic E-state index is -2.17. The van der Waals surface area contributed by atoms with Crippen LogP contribution in [0.15, 0.2) is 219 Å². The fraction of sp³-hybridized carbons (Fsp3) is 0.400. The Labute approximate surface area is 717 Å². The van der Waals surface area contributed by atoms with Crippen molar-refractivity contribution in [1.82, 2.24) is 18.3 Å². The molecule has 0 atom stereocenters. The molecule has 0 fully saturated rings. The molecule has 9 aromatic carbocycles. The third-order valence-electron chi connectivity index (χ3n) is 23.8. The number of benzene rings is 9. The Hall–Kier alpha value is -10.2. The molecule has 0 amide bonds. The third-order valence-corrected chi connectivity index (χ3v) is 23.8. The highest BCUT2D eigenvalue weighted by Crippen LogP contribution is 2.41. The topological polar surface area (TPSA) is 35.2 Å². The average Bonchev–Trinajstić information content (AvgIpc) is 1.58. The second kappa shape index (κ2) is 38.7. The van der Waals surface area contributed by atoms with Crippen molar-refractivity contribution in [2.75, 3.05) is 0 Å². The molecule has 4 heterocycles. The molecule has 118 heavy (non-hydrogen) atoms. The van der Waals surface area contributed by atoms with Gasteiger partial charge in [-0.2, -0.15) is 18.3 Å². The molecule has 4 aromatic heterocycles. The molecule has 8 nitrogen and oxygen atoms in total. The zero-order valence-electron chi connectivity index (χ0n) is 80.8. The lowest BCUT2D eigenvalue weighted by molar-refractivity contribution is -0.603. The molecule has 0 bridgehead atoms. The smallest absolute Gasteiger partial charge is 0.225 e. The number of aromatic nitrogens is 8. The highest BCUT2D eigenvalue weighted by Gasteiger charge is 2.35. The van der Waals surface area contributed by atoms with E-state index in [9.17, 15) is 0 Å². The molecule has 0 aliphatic heterocycles. The zero-order chi connectivity index (χ0) is 88.8. The summed E-state index contributed by atoms with van der Waals surface area (Å²) in [6, 6.07) is 71.0. The molecule has 0 aliphatic rings. The van der Waals surface area contributed by atoms with Crippen LogP contribution in [0.4, 0.5) is 0 Å². The van der Waals surface area contributed by atoms with Gasteiger partial charge in [0.05, 0.1) is 24.2 Å². The van der Waals surface area contributed by atoms with Crippen LogP contribution in [0, 0.1) is 55.3 Å². The first-order valence-corrected chi connectivity index (χ1v) is 44.1. The van der Waals surface area contributed by atoms with Gasteiger partial charge in [-0.3, -0.25) is 0 Å². The molecular formula is C110H144N8+4. The van der Waals surface area contributed by atoms with Crippen LogP contribution in [0.3, 0.4) is 0 Å². The van der Waals surface area contributed by atoms with Gasteiger partial charge in [0.25, 0.3) is 23.3 Å². The van der Waals surface area contributed by atoms with Crippen molar-refractivity contribution in [2.24, 2.45) is 0 Å². The minimum absolute atomic E-state index is 0.242. The number of para-hydroxylation sites is 3. The Kier molecular flexibility index (Phi) is 28.1. The fourth-order valence-corrected chi connectivity index (χ4v) is 18.1. The molecule has 13 rings (SSSR count). The van der Waals surface area contributed by atoms with E-state index in [1.165, 1.54) is 141 Å². The molecule has 0 saturated heterocycles. The van der Waals surface area contributed by atoms with Crippen LogP contribution in [0.5, 0.6) is 0 Å². The third kappa shape index (κ3) is 18.9. The zero-order valence-corrected chi connectivity index (χ0v) is 77.8. The number of imidazole rings is 4. The number of hydrogen-bond acceptors (Lipinski definition) is 0. The van der Waals surface area contributed by atoms with Crippen molar-refractivity contribution >= 4 is 0 Å². The van der Waals surface area contributed by atoms with Crippen molar-refractivity contribution in [1.29, 1.82) is 0 Å².